The second-order valence-corrected chi connectivity index (χ2v) is 11.2. The van der Waals surface area contributed by atoms with Gasteiger partial charge in [-0.05, 0) is 37.5 Å². The summed E-state index contributed by atoms with van der Waals surface area (Å²) in [6.07, 6.45) is 14.9. The highest BCUT2D eigenvalue weighted by Crippen LogP contribution is 2.18. The van der Waals surface area contributed by atoms with Crippen LogP contribution in [0.15, 0.2) is 54.6 Å². The van der Waals surface area contributed by atoms with Crippen LogP contribution in [0.3, 0.4) is 0 Å². The van der Waals surface area contributed by atoms with E-state index in [-0.39, 0.29) is 18.7 Å². The molecule has 1 atom stereocenters. The average Bonchev–Trinajstić information content (AvgIpc) is 2.88. The molecule has 0 aliphatic carbocycles. The molecule has 0 saturated carbocycles. The molecular weight excluding hydrogens is 458 g/mol. The van der Waals surface area contributed by atoms with Gasteiger partial charge in [-0.3, -0.25) is 4.79 Å². The summed E-state index contributed by atoms with van der Waals surface area (Å²) >= 11 is 0. The van der Waals surface area contributed by atoms with Crippen LogP contribution in [0.5, 0.6) is 5.75 Å². The molecule has 2 aromatic carbocycles. The number of nitrogens with zero attached hydrogens (tertiary/aromatic N) is 1. The minimum Gasteiger partial charge on any atom is -0.487 e. The van der Waals surface area contributed by atoms with Crippen LogP contribution in [0.4, 0.5) is 0 Å². The van der Waals surface area contributed by atoms with E-state index in [1.54, 1.807) is 0 Å². The lowest BCUT2D eigenvalue weighted by atomic mass is 10.0. The third-order valence-corrected chi connectivity index (χ3v) is 6.91. The number of carbonyl (C=O) groups excluding carboxylic acids is 1. The van der Waals surface area contributed by atoms with Gasteiger partial charge in [0.1, 0.15) is 25.0 Å². The molecule has 0 saturated heterocycles. The maximum atomic E-state index is 12.3. The topological polar surface area (TPSA) is 35.5 Å². The molecule has 0 aromatic heterocycles. The molecular formula is C33H52NO3+. The number of aryl methyl sites for hydroxylation is 1. The van der Waals surface area contributed by atoms with Crippen molar-refractivity contribution in [2.24, 2.45) is 0 Å². The Balaban J connectivity index is 1.59. The molecule has 206 valence electrons. The van der Waals surface area contributed by atoms with Gasteiger partial charge in [-0.25, -0.2) is 0 Å². The molecule has 1 unspecified atom stereocenters. The van der Waals surface area contributed by atoms with Crippen LogP contribution in [0.2, 0.25) is 0 Å². The van der Waals surface area contributed by atoms with Crippen molar-refractivity contribution in [3.05, 3.63) is 65.7 Å². The summed E-state index contributed by atoms with van der Waals surface area (Å²) in [5.74, 6) is 0.693. The Hall–Kier alpha value is -2.33. The zero-order chi connectivity index (χ0) is 26.8. The number of hydrogen-bond acceptors (Lipinski definition) is 3. The molecule has 4 nitrogen and oxygen atoms in total. The van der Waals surface area contributed by atoms with E-state index in [2.05, 4.69) is 63.5 Å². The van der Waals surface area contributed by atoms with E-state index in [9.17, 15) is 4.79 Å². The molecule has 0 spiro atoms. The van der Waals surface area contributed by atoms with Crippen LogP contribution < -0.4 is 4.74 Å². The fourth-order valence-electron chi connectivity index (χ4n) is 4.69. The number of unbranched alkanes of at least 4 members (excludes halogenated alkanes) is 9. The number of ether oxygens (including phenoxy) is 2. The number of hydrogen-bond donors (Lipinski definition) is 0. The number of carbonyl (C=O) groups is 1. The van der Waals surface area contributed by atoms with Crippen molar-refractivity contribution in [1.29, 1.82) is 0 Å². The molecule has 0 heterocycles. The molecule has 0 amide bonds. The van der Waals surface area contributed by atoms with Crippen LogP contribution in [0.25, 0.3) is 0 Å². The van der Waals surface area contributed by atoms with Crippen molar-refractivity contribution < 1.29 is 18.8 Å². The van der Waals surface area contributed by atoms with E-state index >= 15 is 0 Å². The van der Waals surface area contributed by atoms with Crippen molar-refractivity contribution in [3.8, 4) is 5.75 Å². The zero-order valence-electron chi connectivity index (χ0n) is 24.1. The lowest BCUT2D eigenvalue weighted by Crippen LogP contribution is -2.40. The van der Waals surface area contributed by atoms with Crippen LogP contribution >= 0.6 is 0 Å². The van der Waals surface area contributed by atoms with Gasteiger partial charge >= 0.3 is 5.97 Å². The predicted octanol–water partition coefficient (Wildman–Crippen LogP) is 8.13. The Morgan fingerprint density at radius 1 is 0.811 bits per heavy atom. The molecule has 0 aliphatic rings. The third-order valence-electron chi connectivity index (χ3n) is 6.91. The Kier molecular flexibility index (Phi) is 15.0. The fourth-order valence-corrected chi connectivity index (χ4v) is 4.69. The lowest BCUT2D eigenvalue weighted by Gasteiger charge is -2.29. The summed E-state index contributed by atoms with van der Waals surface area (Å²) in [4.78, 5) is 12.3. The second kappa shape index (κ2) is 18.0. The first-order valence-corrected chi connectivity index (χ1v) is 14.6. The normalized spacial score (nSPS) is 12.3. The Labute approximate surface area is 227 Å². The number of rotatable bonds is 20. The zero-order valence-corrected chi connectivity index (χ0v) is 24.1. The Morgan fingerprint density at radius 2 is 1.43 bits per heavy atom. The summed E-state index contributed by atoms with van der Waals surface area (Å²) in [7, 11) is 4.29. The summed E-state index contributed by atoms with van der Waals surface area (Å²) in [5, 5.41) is 0. The highest BCUT2D eigenvalue weighted by atomic mass is 16.6. The highest BCUT2D eigenvalue weighted by molar-refractivity contribution is 5.69. The summed E-state index contributed by atoms with van der Waals surface area (Å²) in [6.45, 7) is 6.13. The van der Waals surface area contributed by atoms with Crippen LogP contribution in [0.1, 0.15) is 95.6 Å². The standard InChI is InChI=1S/C33H52NO3/c1-5-6-7-8-9-10-11-12-13-15-19-30-22-18-23-32(26-30)37-29(2)28-36-33(35)24-25-34(3,4)27-31-20-16-14-17-21-31/h14,16-18,20-23,26,29H,5-13,15,19,24-25,27-28H2,1-4H3/q+1. The second-order valence-electron chi connectivity index (χ2n) is 11.2. The fraction of sp³-hybridized carbons (Fsp3) is 0.606. The van der Waals surface area contributed by atoms with Crippen molar-refractivity contribution in [2.45, 2.75) is 104 Å². The van der Waals surface area contributed by atoms with E-state index in [0.29, 0.717) is 6.42 Å². The van der Waals surface area contributed by atoms with Crippen molar-refractivity contribution in [3.63, 3.8) is 0 Å². The molecule has 0 fully saturated rings. The Bertz CT molecular complexity index is 865. The minimum atomic E-state index is -0.177. The quantitative estimate of drug-likeness (QED) is 0.102. The monoisotopic (exact) mass is 510 g/mol. The van der Waals surface area contributed by atoms with E-state index in [0.717, 1.165) is 29.7 Å². The average molecular weight is 511 g/mol. The van der Waals surface area contributed by atoms with Crippen LogP contribution in [0, 0.1) is 0 Å². The predicted molar refractivity (Wildman–Crippen MR) is 155 cm³/mol. The van der Waals surface area contributed by atoms with Gasteiger partial charge in [0.05, 0.1) is 27.1 Å². The first kappa shape index (κ1) is 30.9. The van der Waals surface area contributed by atoms with E-state index in [1.807, 2.05) is 19.1 Å². The molecule has 37 heavy (non-hydrogen) atoms. The molecule has 0 bridgehead atoms. The summed E-state index contributed by atoms with van der Waals surface area (Å²) in [6, 6.07) is 18.8. The maximum Gasteiger partial charge on any atom is 0.311 e. The molecule has 4 heteroatoms. The van der Waals surface area contributed by atoms with Gasteiger partial charge in [-0.1, -0.05) is 107 Å². The van der Waals surface area contributed by atoms with Crippen molar-refractivity contribution >= 4 is 5.97 Å². The SMILES string of the molecule is CCCCCCCCCCCCc1cccc(OC(C)COC(=O)CC[N+](C)(C)Cc2ccccc2)c1. The number of esters is 1. The molecule has 2 aromatic rings. The molecule has 0 N–H and O–H groups in total. The van der Waals surface area contributed by atoms with Gasteiger partial charge in [0.2, 0.25) is 0 Å². The largest absolute Gasteiger partial charge is 0.487 e. The van der Waals surface area contributed by atoms with Crippen LogP contribution in [-0.4, -0.2) is 43.8 Å². The first-order chi connectivity index (χ1) is 17.9. The Morgan fingerprint density at radius 3 is 2.11 bits per heavy atom. The first-order valence-electron chi connectivity index (χ1n) is 14.6. The van der Waals surface area contributed by atoms with Gasteiger partial charge in [0.25, 0.3) is 0 Å². The van der Waals surface area contributed by atoms with E-state index in [4.69, 9.17) is 9.47 Å². The van der Waals surface area contributed by atoms with Crippen LogP contribution in [-0.2, 0) is 22.5 Å². The number of benzene rings is 2. The van der Waals surface area contributed by atoms with E-state index in [1.165, 1.54) is 75.3 Å². The van der Waals surface area contributed by atoms with Gasteiger partial charge in [-0.2, -0.15) is 0 Å². The summed E-state index contributed by atoms with van der Waals surface area (Å²) < 4.78 is 12.3. The van der Waals surface area contributed by atoms with Crippen molar-refractivity contribution in [1.82, 2.24) is 0 Å². The highest BCUT2D eigenvalue weighted by Gasteiger charge is 2.19. The third kappa shape index (κ3) is 14.9. The lowest BCUT2D eigenvalue weighted by molar-refractivity contribution is -0.903. The smallest absolute Gasteiger partial charge is 0.311 e. The van der Waals surface area contributed by atoms with Gasteiger partial charge < -0.3 is 14.0 Å². The minimum absolute atomic E-state index is 0.163. The van der Waals surface area contributed by atoms with E-state index < -0.39 is 0 Å². The summed E-state index contributed by atoms with van der Waals surface area (Å²) in [5.41, 5.74) is 2.60. The van der Waals surface area contributed by atoms with Gasteiger partial charge in [0, 0.05) is 5.56 Å². The van der Waals surface area contributed by atoms with Gasteiger partial charge in [0.15, 0.2) is 0 Å². The van der Waals surface area contributed by atoms with Crippen molar-refractivity contribution in [2.75, 3.05) is 27.2 Å². The van der Waals surface area contributed by atoms with Gasteiger partial charge in [-0.15, -0.1) is 0 Å². The molecule has 2 rings (SSSR count). The number of quaternary nitrogens is 1. The molecule has 0 aliphatic heterocycles. The maximum absolute atomic E-state index is 12.3. The molecule has 0 radical (unpaired) electrons.